The van der Waals surface area contributed by atoms with E-state index in [0.717, 1.165) is 14.1 Å². The summed E-state index contributed by atoms with van der Waals surface area (Å²) in [5, 5.41) is 0. The molecule has 0 heterocycles. The van der Waals surface area contributed by atoms with Gasteiger partial charge < -0.3 is 0 Å². The van der Waals surface area contributed by atoms with Gasteiger partial charge in [0, 0.05) is 14.1 Å². The van der Waals surface area contributed by atoms with E-state index in [2.05, 4.69) is 12.2 Å². The van der Waals surface area contributed by atoms with Gasteiger partial charge in [0.1, 0.15) is 0 Å². The predicted molar refractivity (Wildman–Crippen MR) is 39.2 cm³/mol. The summed E-state index contributed by atoms with van der Waals surface area (Å²) < 4.78 is 53.0. The van der Waals surface area contributed by atoms with Crippen molar-refractivity contribution in [2.45, 2.75) is 0 Å². The van der Waals surface area contributed by atoms with Gasteiger partial charge in [-0.3, -0.25) is 0 Å². The van der Waals surface area contributed by atoms with Crippen LogP contribution in [0.2, 0.25) is 0 Å². The monoisotopic (exact) mass is 236 g/mol. The molecule has 0 radical (unpaired) electrons. The van der Waals surface area contributed by atoms with Crippen LogP contribution in [0.25, 0.3) is 0 Å². The summed E-state index contributed by atoms with van der Waals surface area (Å²) >= 11 is 0. The molecule has 0 amide bonds. The van der Waals surface area contributed by atoms with Crippen LogP contribution in [0.1, 0.15) is 0 Å². The lowest BCUT2D eigenvalue weighted by Gasteiger charge is -2.03. The zero-order valence-corrected chi connectivity index (χ0v) is 8.31. The molecule has 0 spiro atoms. The fourth-order valence-electron chi connectivity index (χ4n) is 0.334. The van der Waals surface area contributed by atoms with Gasteiger partial charge in [-0.1, -0.05) is 3.63 Å². The zero-order chi connectivity index (χ0) is 10.5. The minimum absolute atomic E-state index is 1.10. The van der Waals surface area contributed by atoms with E-state index in [1.54, 1.807) is 11.0 Å². The second-order valence-corrected chi connectivity index (χ2v) is 3.97. The van der Waals surface area contributed by atoms with E-state index in [-0.39, 0.29) is 0 Å². The van der Waals surface area contributed by atoms with Gasteiger partial charge in [-0.05, 0) is 0 Å². The molecule has 0 aromatic rings. The quantitative estimate of drug-likeness (QED) is 0.494. The van der Waals surface area contributed by atoms with E-state index < -0.39 is 20.8 Å². The number of nitrogens with one attached hydrogen (secondary N) is 2. The van der Waals surface area contributed by atoms with Gasteiger partial charge in [-0.15, -0.1) is 0 Å². The van der Waals surface area contributed by atoms with Gasteiger partial charge >= 0.3 is 20.8 Å². The molecule has 0 aromatic carbocycles. The molecule has 11 heteroatoms. The summed E-state index contributed by atoms with van der Waals surface area (Å²) in [6, 6.07) is 0. The minimum Gasteiger partial charge on any atom is -0.185 e. The normalized spacial score (nSPS) is 13.1. The Bertz CT molecular complexity index is 296. The van der Waals surface area contributed by atoms with Crippen LogP contribution >= 0.6 is 0 Å². The molecule has 0 aromatic heterocycles. The number of hydroxylamine groups is 2. The van der Waals surface area contributed by atoms with E-state index in [1.807, 2.05) is 0 Å². The Hall–Kier alpha value is -0.300. The highest BCUT2D eigenvalue weighted by Crippen LogP contribution is 2.01. The highest BCUT2D eigenvalue weighted by molar-refractivity contribution is 7.95. The molecule has 0 bridgehead atoms. The summed E-state index contributed by atoms with van der Waals surface area (Å²) in [6.07, 6.45) is 0. The Kier molecular flexibility index (Phi) is 4.69. The highest BCUT2D eigenvalue weighted by atomic mass is 32.3. The van der Waals surface area contributed by atoms with E-state index in [4.69, 9.17) is 0 Å². The van der Waals surface area contributed by atoms with E-state index in [9.17, 15) is 16.8 Å². The van der Waals surface area contributed by atoms with Crippen LogP contribution in [0, 0.1) is 0 Å². The first-order valence-electron chi connectivity index (χ1n) is 2.74. The van der Waals surface area contributed by atoms with Gasteiger partial charge in [0.2, 0.25) is 0 Å². The molecule has 0 fully saturated rings. The molecule has 0 saturated heterocycles. The Balaban J connectivity index is 4.44. The minimum atomic E-state index is -4.68. The van der Waals surface area contributed by atoms with E-state index in [1.165, 1.54) is 0 Å². The Morgan fingerprint density at radius 2 is 1.15 bits per heavy atom. The molecule has 0 unspecified atom stereocenters. The molecule has 80 valence electrons. The third-order valence-corrected chi connectivity index (χ3v) is 2.61. The van der Waals surface area contributed by atoms with Crippen molar-refractivity contribution in [1.82, 2.24) is 11.0 Å². The lowest BCUT2D eigenvalue weighted by Crippen LogP contribution is -2.25. The van der Waals surface area contributed by atoms with Gasteiger partial charge in [0.15, 0.2) is 0 Å². The average molecular weight is 236 g/mol. The largest absolute Gasteiger partial charge is 0.432 e. The molecular formula is C2H8N2O7S2. The van der Waals surface area contributed by atoms with Crippen molar-refractivity contribution in [3.05, 3.63) is 0 Å². The predicted octanol–water partition coefficient (Wildman–Crippen LogP) is -2.21. The SMILES string of the molecule is CNOS(=O)(=O)OS(=O)(=O)ONC. The van der Waals surface area contributed by atoms with Gasteiger partial charge in [-0.2, -0.15) is 36.4 Å². The van der Waals surface area contributed by atoms with Gasteiger partial charge in [-0.25, -0.2) is 0 Å². The van der Waals surface area contributed by atoms with Crippen LogP contribution in [0.3, 0.4) is 0 Å². The molecule has 0 aliphatic rings. The molecule has 9 nitrogen and oxygen atoms in total. The summed E-state index contributed by atoms with van der Waals surface area (Å²) in [7, 11) is -7.14. The summed E-state index contributed by atoms with van der Waals surface area (Å²) in [4.78, 5) is 0. The van der Waals surface area contributed by atoms with Crippen molar-refractivity contribution < 1.29 is 29.0 Å². The first-order valence-corrected chi connectivity index (χ1v) is 5.41. The van der Waals surface area contributed by atoms with Crippen LogP contribution in [0.15, 0.2) is 0 Å². The van der Waals surface area contributed by atoms with Crippen molar-refractivity contribution in [3.63, 3.8) is 0 Å². The number of hydrogen-bond donors (Lipinski definition) is 2. The van der Waals surface area contributed by atoms with Gasteiger partial charge in [0.25, 0.3) is 0 Å². The van der Waals surface area contributed by atoms with Crippen LogP contribution in [-0.4, -0.2) is 30.9 Å². The molecule has 0 aliphatic carbocycles. The van der Waals surface area contributed by atoms with Crippen LogP contribution in [0.4, 0.5) is 0 Å². The molecule has 0 rings (SSSR count). The van der Waals surface area contributed by atoms with Crippen LogP contribution in [-0.2, 0) is 33.0 Å². The third-order valence-electron chi connectivity index (χ3n) is 0.537. The van der Waals surface area contributed by atoms with Crippen molar-refractivity contribution >= 4 is 20.8 Å². The molecule has 2 N–H and O–H groups in total. The molecule has 13 heavy (non-hydrogen) atoms. The zero-order valence-electron chi connectivity index (χ0n) is 6.67. The van der Waals surface area contributed by atoms with Crippen LogP contribution in [0.5, 0.6) is 0 Å². The first-order chi connectivity index (χ1) is 5.83. The number of hydrogen-bond acceptors (Lipinski definition) is 9. The lowest BCUT2D eigenvalue weighted by atomic mass is 11.6. The molecular weight excluding hydrogens is 228 g/mol. The fraction of sp³-hybridized carbons (Fsp3) is 1.00. The summed E-state index contributed by atoms with van der Waals surface area (Å²) in [5.41, 5.74) is 3.44. The smallest absolute Gasteiger partial charge is 0.185 e. The van der Waals surface area contributed by atoms with E-state index >= 15 is 0 Å². The van der Waals surface area contributed by atoms with Crippen molar-refractivity contribution in [1.29, 1.82) is 0 Å². The molecule has 0 saturated carbocycles. The molecule has 0 atom stereocenters. The van der Waals surface area contributed by atoms with Gasteiger partial charge in [0.05, 0.1) is 0 Å². The lowest BCUT2D eigenvalue weighted by molar-refractivity contribution is 0.172. The van der Waals surface area contributed by atoms with Crippen molar-refractivity contribution in [2.24, 2.45) is 0 Å². The highest BCUT2D eigenvalue weighted by Gasteiger charge is 2.24. The first kappa shape index (κ1) is 12.7. The van der Waals surface area contributed by atoms with E-state index in [0.29, 0.717) is 0 Å². The summed E-state index contributed by atoms with van der Waals surface area (Å²) in [6.45, 7) is 0. The second-order valence-electron chi connectivity index (χ2n) is 1.46. The van der Waals surface area contributed by atoms with Crippen LogP contribution < -0.4 is 11.0 Å². The maximum Gasteiger partial charge on any atom is 0.432 e. The Morgan fingerprint density at radius 3 is 1.38 bits per heavy atom. The Morgan fingerprint density at radius 1 is 0.846 bits per heavy atom. The standard InChI is InChI=1S/C2H8N2O7S2/c1-3-9-12(5,6)11-13(7,8)10-4-2/h3-4H,1-2H3. The number of rotatable bonds is 6. The fourth-order valence-corrected chi connectivity index (χ4v) is 1.78. The average Bonchev–Trinajstić information content (AvgIpc) is 1.82. The molecule has 0 aliphatic heterocycles. The summed E-state index contributed by atoms with van der Waals surface area (Å²) in [5.74, 6) is 0. The maximum absolute atomic E-state index is 10.5. The van der Waals surface area contributed by atoms with Crippen molar-refractivity contribution in [2.75, 3.05) is 14.1 Å². The topological polar surface area (TPSA) is 120 Å². The second kappa shape index (κ2) is 4.80. The maximum atomic E-state index is 10.5. The Labute approximate surface area is 75.5 Å². The third kappa shape index (κ3) is 5.87. The van der Waals surface area contributed by atoms with Crippen molar-refractivity contribution in [3.8, 4) is 0 Å².